The van der Waals surface area contributed by atoms with E-state index in [1.54, 1.807) is 24.3 Å². The Bertz CT molecular complexity index is 962. The number of carbonyl (C=O) groups is 1. The van der Waals surface area contributed by atoms with Crippen molar-refractivity contribution in [3.8, 4) is 11.4 Å². The SMILES string of the molecule is O=C(Oc1ccc(-n2cnnn2)cc1)C(c1ccccc1)c1ccccc1. The molecule has 4 aromatic rings. The lowest BCUT2D eigenvalue weighted by Gasteiger charge is -2.17. The van der Waals surface area contributed by atoms with Crippen molar-refractivity contribution in [1.82, 2.24) is 20.2 Å². The molecule has 27 heavy (non-hydrogen) atoms. The Morgan fingerprint density at radius 3 is 1.93 bits per heavy atom. The molecule has 6 nitrogen and oxygen atoms in total. The van der Waals surface area contributed by atoms with Crippen molar-refractivity contribution in [2.75, 3.05) is 0 Å². The van der Waals surface area contributed by atoms with Gasteiger partial charge in [-0.05, 0) is 45.8 Å². The van der Waals surface area contributed by atoms with Crippen molar-refractivity contribution in [2.45, 2.75) is 5.92 Å². The summed E-state index contributed by atoms with van der Waals surface area (Å²) < 4.78 is 7.19. The number of tetrazole rings is 1. The third kappa shape index (κ3) is 3.74. The molecule has 0 bridgehead atoms. The van der Waals surface area contributed by atoms with Gasteiger partial charge in [0, 0.05) is 0 Å². The van der Waals surface area contributed by atoms with Gasteiger partial charge in [-0.3, -0.25) is 4.79 Å². The molecule has 0 saturated heterocycles. The molecular formula is C21H16N4O2. The van der Waals surface area contributed by atoms with Crippen LogP contribution in [0.15, 0.2) is 91.3 Å². The lowest BCUT2D eigenvalue weighted by Crippen LogP contribution is -2.20. The number of ether oxygens (including phenoxy) is 1. The zero-order valence-electron chi connectivity index (χ0n) is 14.3. The number of nitrogens with zero attached hydrogens (tertiary/aromatic N) is 4. The van der Waals surface area contributed by atoms with Gasteiger partial charge in [-0.25, -0.2) is 4.68 Å². The van der Waals surface area contributed by atoms with Crippen LogP contribution >= 0.6 is 0 Å². The highest BCUT2D eigenvalue weighted by molar-refractivity contribution is 5.84. The molecule has 1 heterocycles. The van der Waals surface area contributed by atoms with E-state index in [2.05, 4.69) is 15.5 Å². The minimum absolute atomic E-state index is 0.331. The van der Waals surface area contributed by atoms with Crippen molar-refractivity contribution in [1.29, 1.82) is 0 Å². The lowest BCUT2D eigenvalue weighted by atomic mass is 9.91. The van der Waals surface area contributed by atoms with Crippen molar-refractivity contribution < 1.29 is 9.53 Å². The van der Waals surface area contributed by atoms with Gasteiger partial charge >= 0.3 is 5.97 Å². The second-order valence-corrected chi connectivity index (χ2v) is 5.92. The summed E-state index contributed by atoms with van der Waals surface area (Å²) in [6.45, 7) is 0. The number of esters is 1. The van der Waals surface area contributed by atoms with Crippen molar-refractivity contribution in [3.63, 3.8) is 0 Å². The zero-order chi connectivity index (χ0) is 18.5. The molecule has 0 radical (unpaired) electrons. The fraction of sp³-hybridized carbons (Fsp3) is 0.0476. The van der Waals surface area contributed by atoms with Gasteiger partial charge in [0.05, 0.1) is 5.69 Å². The second-order valence-electron chi connectivity index (χ2n) is 5.92. The summed E-state index contributed by atoms with van der Waals surface area (Å²) in [4.78, 5) is 13.0. The fourth-order valence-electron chi connectivity index (χ4n) is 2.88. The Balaban J connectivity index is 1.59. The van der Waals surface area contributed by atoms with Crippen molar-refractivity contribution in [3.05, 3.63) is 102 Å². The molecule has 132 valence electrons. The number of rotatable bonds is 5. The van der Waals surface area contributed by atoms with Crippen LogP contribution in [-0.4, -0.2) is 26.2 Å². The minimum atomic E-state index is -0.494. The van der Waals surface area contributed by atoms with E-state index in [0.29, 0.717) is 5.75 Å². The highest BCUT2D eigenvalue weighted by Gasteiger charge is 2.24. The van der Waals surface area contributed by atoms with E-state index >= 15 is 0 Å². The van der Waals surface area contributed by atoms with E-state index in [1.165, 1.54) is 11.0 Å². The van der Waals surface area contributed by atoms with Crippen LogP contribution in [0.4, 0.5) is 0 Å². The van der Waals surface area contributed by atoms with Crippen LogP contribution in [0.1, 0.15) is 17.0 Å². The van der Waals surface area contributed by atoms with Crippen LogP contribution in [0, 0.1) is 0 Å². The maximum atomic E-state index is 13.0. The van der Waals surface area contributed by atoms with Crippen LogP contribution in [0.2, 0.25) is 0 Å². The van der Waals surface area contributed by atoms with Crippen LogP contribution in [-0.2, 0) is 4.79 Å². The Kier molecular flexibility index (Phi) is 4.70. The predicted molar refractivity (Wildman–Crippen MR) is 99.5 cm³/mol. The Morgan fingerprint density at radius 1 is 0.815 bits per heavy atom. The molecule has 0 saturated carbocycles. The number of benzene rings is 3. The quantitative estimate of drug-likeness (QED) is 0.405. The first-order valence-electron chi connectivity index (χ1n) is 8.46. The normalized spacial score (nSPS) is 10.7. The molecule has 0 fully saturated rings. The molecule has 0 N–H and O–H groups in total. The smallest absolute Gasteiger partial charge is 0.323 e. The molecule has 1 aromatic heterocycles. The van der Waals surface area contributed by atoms with Gasteiger partial charge in [-0.1, -0.05) is 60.7 Å². The Morgan fingerprint density at radius 2 is 1.41 bits per heavy atom. The zero-order valence-corrected chi connectivity index (χ0v) is 14.3. The fourth-order valence-corrected chi connectivity index (χ4v) is 2.88. The number of carbonyl (C=O) groups excluding carboxylic acids is 1. The molecule has 0 aliphatic heterocycles. The first-order chi connectivity index (χ1) is 13.3. The van der Waals surface area contributed by atoms with Gasteiger partial charge in [-0.2, -0.15) is 0 Å². The summed E-state index contributed by atoms with van der Waals surface area (Å²) in [5.74, 6) is -0.358. The first kappa shape index (κ1) is 16.7. The third-order valence-corrected chi connectivity index (χ3v) is 4.17. The molecule has 0 aliphatic carbocycles. The van der Waals surface area contributed by atoms with E-state index < -0.39 is 5.92 Å². The summed E-state index contributed by atoms with van der Waals surface area (Å²) in [6.07, 6.45) is 1.50. The highest BCUT2D eigenvalue weighted by atomic mass is 16.5. The molecule has 6 heteroatoms. The van der Waals surface area contributed by atoms with Crippen LogP contribution < -0.4 is 4.74 Å². The van der Waals surface area contributed by atoms with Gasteiger partial charge < -0.3 is 4.74 Å². The van der Waals surface area contributed by atoms with Gasteiger partial charge in [0.15, 0.2) is 0 Å². The number of hydrogen-bond acceptors (Lipinski definition) is 5. The standard InChI is InChI=1S/C21H16N4O2/c26-21(27-19-13-11-18(12-14-19)25-15-22-23-24-25)20(16-7-3-1-4-8-16)17-9-5-2-6-10-17/h1-15,20H. The molecule has 0 aliphatic rings. The molecule has 0 unspecified atom stereocenters. The Labute approximate surface area is 156 Å². The Hall–Kier alpha value is -3.80. The van der Waals surface area contributed by atoms with Gasteiger partial charge in [0.1, 0.15) is 18.0 Å². The van der Waals surface area contributed by atoms with E-state index in [4.69, 9.17) is 4.74 Å². The van der Waals surface area contributed by atoms with Crippen LogP contribution in [0.25, 0.3) is 5.69 Å². The first-order valence-corrected chi connectivity index (χ1v) is 8.46. The van der Waals surface area contributed by atoms with E-state index in [1.807, 2.05) is 60.7 Å². The van der Waals surface area contributed by atoms with Gasteiger partial charge in [0.2, 0.25) is 0 Å². The largest absolute Gasteiger partial charge is 0.426 e. The minimum Gasteiger partial charge on any atom is -0.426 e. The predicted octanol–water partition coefficient (Wildman–Crippen LogP) is 3.40. The number of hydrogen-bond donors (Lipinski definition) is 0. The van der Waals surface area contributed by atoms with E-state index in [-0.39, 0.29) is 5.97 Å². The lowest BCUT2D eigenvalue weighted by molar-refractivity contribution is -0.135. The summed E-state index contributed by atoms with van der Waals surface area (Å²) in [5, 5.41) is 11.0. The van der Waals surface area contributed by atoms with Gasteiger partial charge in [-0.15, -0.1) is 5.10 Å². The summed E-state index contributed by atoms with van der Waals surface area (Å²) in [5.41, 5.74) is 2.56. The summed E-state index contributed by atoms with van der Waals surface area (Å²) >= 11 is 0. The van der Waals surface area contributed by atoms with Crippen molar-refractivity contribution >= 4 is 5.97 Å². The van der Waals surface area contributed by atoms with E-state index in [0.717, 1.165) is 16.8 Å². The molecule has 0 spiro atoms. The maximum Gasteiger partial charge on any atom is 0.323 e. The summed E-state index contributed by atoms with van der Waals surface area (Å²) in [7, 11) is 0. The molecular weight excluding hydrogens is 340 g/mol. The summed E-state index contributed by atoms with van der Waals surface area (Å²) in [6, 6.07) is 26.3. The molecule has 0 amide bonds. The average molecular weight is 356 g/mol. The van der Waals surface area contributed by atoms with Gasteiger partial charge in [0.25, 0.3) is 0 Å². The second kappa shape index (κ2) is 7.61. The van der Waals surface area contributed by atoms with E-state index in [9.17, 15) is 4.79 Å². The number of aromatic nitrogens is 4. The maximum absolute atomic E-state index is 13.0. The monoisotopic (exact) mass is 356 g/mol. The molecule has 4 rings (SSSR count). The topological polar surface area (TPSA) is 69.9 Å². The third-order valence-electron chi connectivity index (χ3n) is 4.17. The van der Waals surface area contributed by atoms with Crippen molar-refractivity contribution in [2.24, 2.45) is 0 Å². The molecule has 3 aromatic carbocycles. The highest BCUT2D eigenvalue weighted by Crippen LogP contribution is 2.27. The van der Waals surface area contributed by atoms with Crippen LogP contribution in [0.3, 0.4) is 0 Å². The van der Waals surface area contributed by atoms with Crippen LogP contribution in [0.5, 0.6) is 5.75 Å². The average Bonchev–Trinajstić information content (AvgIpc) is 3.25. The molecule has 0 atom stereocenters.